The van der Waals surface area contributed by atoms with Crippen LogP contribution in [0.4, 0.5) is 0 Å². The highest BCUT2D eigenvalue weighted by molar-refractivity contribution is 7.91. The molecule has 0 aliphatic carbocycles. The fraction of sp³-hybridized carbons (Fsp3) is 0.400. The molecule has 0 radical (unpaired) electrons. The van der Waals surface area contributed by atoms with E-state index in [4.69, 9.17) is 0 Å². The van der Waals surface area contributed by atoms with E-state index in [2.05, 4.69) is 34.7 Å². The first kappa shape index (κ1) is 20.5. The molecule has 1 saturated heterocycles. The summed E-state index contributed by atoms with van der Waals surface area (Å²) in [4.78, 5) is 18.0. The molecule has 0 saturated carbocycles. The predicted octanol–water partition coefficient (Wildman–Crippen LogP) is 3.62. The zero-order chi connectivity index (χ0) is 20.6. The van der Waals surface area contributed by atoms with Gasteiger partial charge in [-0.3, -0.25) is 4.79 Å². The van der Waals surface area contributed by atoms with Crippen LogP contribution in [0.3, 0.4) is 0 Å². The molecule has 0 spiro atoms. The number of nitrogens with zero attached hydrogens (tertiary/aromatic N) is 3. The lowest BCUT2D eigenvalue weighted by atomic mass is 9.98. The highest BCUT2D eigenvalue weighted by atomic mass is 32.2. The Balaban J connectivity index is 1.53. The van der Waals surface area contributed by atoms with Crippen molar-refractivity contribution in [2.45, 2.75) is 37.4 Å². The first-order chi connectivity index (χ1) is 13.9. The maximum Gasteiger partial charge on any atom is 0.252 e. The van der Waals surface area contributed by atoms with Gasteiger partial charge in [-0.25, -0.2) is 8.42 Å². The molecule has 0 bridgehead atoms. The van der Waals surface area contributed by atoms with Gasteiger partial charge in [0.05, 0.1) is 10.2 Å². The Bertz CT molecular complexity index is 1200. The summed E-state index contributed by atoms with van der Waals surface area (Å²) in [6.07, 6.45) is 1.01. The van der Waals surface area contributed by atoms with Crippen LogP contribution in [0.2, 0.25) is 0 Å². The van der Waals surface area contributed by atoms with Gasteiger partial charge in [0.1, 0.15) is 4.21 Å². The number of hydrogen-bond acceptors (Lipinski definition) is 5. The number of piperidine rings is 1. The number of aromatic nitrogens is 1. The maximum atomic E-state index is 12.8. The van der Waals surface area contributed by atoms with Gasteiger partial charge in [0.25, 0.3) is 15.9 Å². The number of amides is 1. The number of hydrogen-bond donors (Lipinski definition) is 0. The molecule has 4 rings (SSSR count). The number of carbonyl (C=O) groups is 1. The highest BCUT2D eigenvalue weighted by Gasteiger charge is 2.32. The molecule has 1 aromatic carbocycles. The number of thiazole rings is 1. The van der Waals surface area contributed by atoms with Crippen molar-refractivity contribution in [2.24, 2.45) is 10.9 Å². The standard InChI is InChI=1S/C20H23N3O3S3/c1-3-23-16-7-6-14(2)13-17(16)28-20(23)21-19(24)15-8-10-22(11-9-15)29(25,26)18-5-4-12-27-18/h4-7,12-13,15H,3,8-11H2,1-2H3. The quantitative estimate of drug-likeness (QED) is 0.611. The van der Waals surface area contributed by atoms with Crippen LogP contribution in [0.1, 0.15) is 25.3 Å². The van der Waals surface area contributed by atoms with Crippen molar-refractivity contribution in [3.63, 3.8) is 0 Å². The maximum absolute atomic E-state index is 12.8. The van der Waals surface area contributed by atoms with Gasteiger partial charge in [-0.1, -0.05) is 23.5 Å². The fourth-order valence-corrected chi connectivity index (χ4v) is 7.45. The average Bonchev–Trinajstić information content (AvgIpc) is 3.35. The fourth-order valence-electron chi connectivity index (χ4n) is 3.64. The summed E-state index contributed by atoms with van der Waals surface area (Å²) >= 11 is 2.75. The van der Waals surface area contributed by atoms with E-state index in [9.17, 15) is 13.2 Å². The van der Waals surface area contributed by atoms with E-state index in [0.717, 1.165) is 16.8 Å². The lowest BCUT2D eigenvalue weighted by Crippen LogP contribution is -2.40. The van der Waals surface area contributed by atoms with Crippen LogP contribution in [0.15, 0.2) is 44.9 Å². The van der Waals surface area contributed by atoms with Gasteiger partial charge in [-0.05, 0) is 55.8 Å². The topological polar surface area (TPSA) is 71.7 Å². The molecular formula is C20H23N3O3S3. The van der Waals surface area contributed by atoms with Gasteiger partial charge in [-0.15, -0.1) is 11.3 Å². The normalized spacial score (nSPS) is 17.2. The molecule has 0 N–H and O–H groups in total. The van der Waals surface area contributed by atoms with E-state index in [-0.39, 0.29) is 11.8 Å². The van der Waals surface area contributed by atoms with E-state index >= 15 is 0 Å². The summed E-state index contributed by atoms with van der Waals surface area (Å²) < 4.78 is 30.3. The van der Waals surface area contributed by atoms with Crippen LogP contribution in [0.25, 0.3) is 10.2 Å². The van der Waals surface area contributed by atoms with Crippen molar-refractivity contribution in [1.29, 1.82) is 0 Å². The molecule has 3 heterocycles. The summed E-state index contributed by atoms with van der Waals surface area (Å²) in [6.45, 7) is 5.54. The van der Waals surface area contributed by atoms with Crippen molar-refractivity contribution >= 4 is 48.8 Å². The largest absolute Gasteiger partial charge is 0.317 e. The minimum atomic E-state index is -3.45. The Kier molecular flexibility index (Phi) is 5.74. The van der Waals surface area contributed by atoms with E-state index in [1.165, 1.54) is 32.5 Å². The van der Waals surface area contributed by atoms with Crippen molar-refractivity contribution in [1.82, 2.24) is 8.87 Å². The Morgan fingerprint density at radius 1 is 1.24 bits per heavy atom. The molecule has 0 unspecified atom stereocenters. The molecule has 154 valence electrons. The number of thiophene rings is 1. The van der Waals surface area contributed by atoms with Gasteiger partial charge in [0.2, 0.25) is 0 Å². The Morgan fingerprint density at radius 3 is 2.66 bits per heavy atom. The van der Waals surface area contributed by atoms with E-state index in [1.807, 2.05) is 6.92 Å². The first-order valence-corrected chi connectivity index (χ1v) is 12.8. The van der Waals surface area contributed by atoms with Crippen LogP contribution in [-0.4, -0.2) is 36.3 Å². The molecule has 1 aliphatic rings. The number of aryl methyl sites for hydroxylation is 2. The molecule has 3 aromatic rings. The molecule has 1 amide bonds. The van der Waals surface area contributed by atoms with Crippen molar-refractivity contribution in [3.05, 3.63) is 46.1 Å². The number of benzene rings is 1. The molecule has 9 heteroatoms. The molecular weight excluding hydrogens is 426 g/mol. The summed E-state index contributed by atoms with van der Waals surface area (Å²) in [6, 6.07) is 9.61. The van der Waals surface area contributed by atoms with Gasteiger partial charge < -0.3 is 4.57 Å². The minimum absolute atomic E-state index is 0.149. The van der Waals surface area contributed by atoms with Gasteiger partial charge >= 0.3 is 0 Å². The number of sulfonamides is 1. The minimum Gasteiger partial charge on any atom is -0.317 e. The Hall–Kier alpha value is -1.81. The summed E-state index contributed by atoms with van der Waals surface area (Å²) in [7, 11) is -3.45. The number of fused-ring (bicyclic) bond motifs is 1. The average molecular weight is 450 g/mol. The van der Waals surface area contributed by atoms with Gasteiger partial charge in [0, 0.05) is 25.6 Å². The van der Waals surface area contributed by atoms with Crippen LogP contribution < -0.4 is 4.80 Å². The zero-order valence-electron chi connectivity index (χ0n) is 16.4. The number of carbonyl (C=O) groups excluding carboxylic acids is 1. The van der Waals surface area contributed by atoms with Crippen LogP contribution in [-0.2, 0) is 21.4 Å². The van der Waals surface area contributed by atoms with Crippen LogP contribution in [0.5, 0.6) is 0 Å². The highest BCUT2D eigenvalue weighted by Crippen LogP contribution is 2.27. The van der Waals surface area contributed by atoms with Crippen molar-refractivity contribution in [3.8, 4) is 0 Å². The smallest absolute Gasteiger partial charge is 0.252 e. The van der Waals surface area contributed by atoms with Gasteiger partial charge in [-0.2, -0.15) is 9.30 Å². The van der Waals surface area contributed by atoms with Crippen LogP contribution in [0, 0.1) is 12.8 Å². The predicted molar refractivity (Wildman–Crippen MR) is 117 cm³/mol. The SMILES string of the molecule is CCn1c(=NC(=O)C2CCN(S(=O)(=O)c3cccs3)CC2)sc2cc(C)ccc21. The summed E-state index contributed by atoms with van der Waals surface area (Å²) in [5, 5.41) is 1.76. The third-order valence-corrected chi connectivity index (χ3v) is 9.57. The third kappa shape index (κ3) is 3.96. The zero-order valence-corrected chi connectivity index (χ0v) is 18.8. The van der Waals surface area contributed by atoms with Crippen molar-refractivity contribution in [2.75, 3.05) is 13.1 Å². The Morgan fingerprint density at radius 2 is 2.00 bits per heavy atom. The summed E-state index contributed by atoms with van der Waals surface area (Å²) in [5.74, 6) is -0.384. The van der Waals surface area contributed by atoms with E-state index in [0.29, 0.717) is 34.9 Å². The van der Waals surface area contributed by atoms with Crippen molar-refractivity contribution < 1.29 is 13.2 Å². The molecule has 6 nitrogen and oxygen atoms in total. The first-order valence-electron chi connectivity index (χ1n) is 9.62. The lowest BCUT2D eigenvalue weighted by Gasteiger charge is -2.29. The second-order valence-electron chi connectivity index (χ2n) is 7.16. The molecule has 1 aliphatic heterocycles. The monoisotopic (exact) mass is 449 g/mol. The second-order valence-corrected chi connectivity index (χ2v) is 11.3. The van der Waals surface area contributed by atoms with E-state index in [1.54, 1.807) is 17.5 Å². The van der Waals surface area contributed by atoms with E-state index < -0.39 is 10.0 Å². The number of rotatable bonds is 4. The molecule has 1 fully saturated rings. The second kappa shape index (κ2) is 8.14. The Labute approximate surface area is 178 Å². The van der Waals surface area contributed by atoms with Crippen LogP contribution >= 0.6 is 22.7 Å². The summed E-state index contributed by atoms with van der Waals surface area (Å²) in [5.41, 5.74) is 2.27. The molecule has 0 atom stereocenters. The molecule has 2 aromatic heterocycles. The lowest BCUT2D eigenvalue weighted by molar-refractivity contribution is -0.122. The molecule has 29 heavy (non-hydrogen) atoms. The third-order valence-electron chi connectivity index (χ3n) is 5.25. The van der Waals surface area contributed by atoms with Gasteiger partial charge in [0.15, 0.2) is 4.80 Å².